The van der Waals surface area contributed by atoms with E-state index in [1.54, 1.807) is 46.2 Å². The minimum absolute atomic E-state index is 0.0365. The third-order valence-corrected chi connectivity index (χ3v) is 4.16. The number of carbonyl (C=O) groups is 2. The normalized spacial score (nSPS) is 14.3. The standard InChI is InChI=1S/C19H19FN2O3/c1-14(23)21-10-12-22(13-11-21)19(24)15-2-6-17(7-3-15)25-18-8-4-16(20)5-9-18/h2-9H,10-13H2,1H3. The highest BCUT2D eigenvalue weighted by Gasteiger charge is 2.23. The van der Waals surface area contributed by atoms with Crippen molar-refractivity contribution < 1.29 is 18.7 Å². The Hall–Kier alpha value is -2.89. The van der Waals surface area contributed by atoms with Gasteiger partial charge in [-0.05, 0) is 48.5 Å². The lowest BCUT2D eigenvalue weighted by Gasteiger charge is -2.34. The predicted octanol–water partition coefficient (Wildman–Crippen LogP) is 2.92. The zero-order chi connectivity index (χ0) is 17.8. The molecule has 6 heteroatoms. The molecule has 0 N–H and O–H groups in total. The molecule has 2 aromatic rings. The number of ether oxygens (including phenoxy) is 1. The van der Waals surface area contributed by atoms with E-state index in [0.29, 0.717) is 43.2 Å². The van der Waals surface area contributed by atoms with E-state index < -0.39 is 0 Å². The van der Waals surface area contributed by atoms with Gasteiger partial charge in [-0.25, -0.2) is 4.39 Å². The van der Waals surface area contributed by atoms with Crippen LogP contribution in [0.5, 0.6) is 11.5 Å². The smallest absolute Gasteiger partial charge is 0.253 e. The average Bonchev–Trinajstić information content (AvgIpc) is 2.64. The summed E-state index contributed by atoms with van der Waals surface area (Å²) in [6.07, 6.45) is 0. The molecule has 0 unspecified atom stereocenters. The second kappa shape index (κ2) is 7.34. The summed E-state index contributed by atoms with van der Waals surface area (Å²) in [6, 6.07) is 12.6. The molecule has 1 aliphatic heterocycles. The van der Waals surface area contributed by atoms with Gasteiger partial charge in [0.1, 0.15) is 17.3 Å². The Bertz CT molecular complexity index is 751. The number of amides is 2. The molecule has 0 atom stereocenters. The first-order chi connectivity index (χ1) is 12.0. The SMILES string of the molecule is CC(=O)N1CCN(C(=O)c2ccc(Oc3ccc(F)cc3)cc2)CC1. The van der Waals surface area contributed by atoms with Crippen molar-refractivity contribution in [2.45, 2.75) is 6.92 Å². The van der Waals surface area contributed by atoms with Crippen molar-refractivity contribution in [1.29, 1.82) is 0 Å². The number of benzene rings is 2. The molecule has 0 bridgehead atoms. The third-order valence-electron chi connectivity index (χ3n) is 4.16. The summed E-state index contributed by atoms with van der Waals surface area (Å²) in [4.78, 5) is 27.3. The molecule has 1 aliphatic rings. The van der Waals surface area contributed by atoms with E-state index in [0.717, 1.165) is 0 Å². The molecule has 0 saturated carbocycles. The lowest BCUT2D eigenvalue weighted by atomic mass is 10.1. The van der Waals surface area contributed by atoms with Crippen molar-refractivity contribution >= 4 is 11.8 Å². The summed E-state index contributed by atoms with van der Waals surface area (Å²) in [5, 5.41) is 0. The van der Waals surface area contributed by atoms with Crippen molar-refractivity contribution in [1.82, 2.24) is 9.80 Å². The number of rotatable bonds is 3. The van der Waals surface area contributed by atoms with Crippen molar-refractivity contribution in [3.8, 4) is 11.5 Å². The quantitative estimate of drug-likeness (QED) is 0.862. The van der Waals surface area contributed by atoms with Crippen LogP contribution in [0.2, 0.25) is 0 Å². The van der Waals surface area contributed by atoms with E-state index in [1.165, 1.54) is 19.1 Å². The molecule has 0 radical (unpaired) electrons. The van der Waals surface area contributed by atoms with Crippen LogP contribution in [0.4, 0.5) is 4.39 Å². The van der Waals surface area contributed by atoms with Crippen molar-refractivity contribution in [2.24, 2.45) is 0 Å². The van der Waals surface area contributed by atoms with Crippen LogP contribution in [0.1, 0.15) is 17.3 Å². The predicted molar refractivity (Wildman–Crippen MR) is 91.1 cm³/mol. The molecular formula is C19H19FN2O3. The van der Waals surface area contributed by atoms with Crippen molar-refractivity contribution in [3.63, 3.8) is 0 Å². The molecule has 0 aliphatic carbocycles. The van der Waals surface area contributed by atoms with Crippen LogP contribution in [0, 0.1) is 5.82 Å². The maximum Gasteiger partial charge on any atom is 0.253 e. The van der Waals surface area contributed by atoms with E-state index in [4.69, 9.17) is 4.74 Å². The Morgan fingerprint density at radius 2 is 1.32 bits per heavy atom. The maximum atomic E-state index is 12.9. The molecule has 0 aromatic heterocycles. The van der Waals surface area contributed by atoms with Gasteiger partial charge >= 0.3 is 0 Å². The molecule has 1 fully saturated rings. The van der Waals surface area contributed by atoms with Crippen molar-refractivity contribution in [3.05, 3.63) is 59.9 Å². The fraction of sp³-hybridized carbons (Fsp3) is 0.263. The Kier molecular flexibility index (Phi) is 4.97. The summed E-state index contributed by atoms with van der Waals surface area (Å²) in [5.41, 5.74) is 0.572. The van der Waals surface area contributed by atoms with Gasteiger partial charge in [-0.3, -0.25) is 9.59 Å². The van der Waals surface area contributed by atoms with Gasteiger partial charge in [0.15, 0.2) is 0 Å². The number of halogens is 1. The first-order valence-corrected chi connectivity index (χ1v) is 8.11. The molecule has 1 heterocycles. The second-order valence-corrected chi connectivity index (χ2v) is 5.88. The molecule has 130 valence electrons. The van der Waals surface area contributed by atoms with E-state index in [2.05, 4.69) is 0 Å². The molecule has 2 aromatic carbocycles. The fourth-order valence-corrected chi connectivity index (χ4v) is 2.71. The first-order valence-electron chi connectivity index (χ1n) is 8.11. The summed E-state index contributed by atoms with van der Waals surface area (Å²) < 4.78 is 18.5. The summed E-state index contributed by atoms with van der Waals surface area (Å²) in [7, 11) is 0. The number of nitrogens with zero attached hydrogens (tertiary/aromatic N) is 2. The average molecular weight is 342 g/mol. The van der Waals surface area contributed by atoms with E-state index in [-0.39, 0.29) is 17.6 Å². The van der Waals surface area contributed by atoms with Crippen LogP contribution in [0.25, 0.3) is 0 Å². The fourth-order valence-electron chi connectivity index (χ4n) is 2.71. The molecule has 2 amide bonds. The van der Waals surface area contributed by atoms with E-state index >= 15 is 0 Å². The molecule has 5 nitrogen and oxygen atoms in total. The highest BCUT2D eigenvalue weighted by molar-refractivity contribution is 5.94. The molecular weight excluding hydrogens is 323 g/mol. The molecule has 1 saturated heterocycles. The Labute approximate surface area is 145 Å². The lowest BCUT2D eigenvalue weighted by Crippen LogP contribution is -2.50. The number of piperazine rings is 1. The van der Waals surface area contributed by atoms with Gasteiger partial charge in [-0.2, -0.15) is 0 Å². The molecule has 25 heavy (non-hydrogen) atoms. The number of hydrogen-bond donors (Lipinski definition) is 0. The zero-order valence-corrected chi connectivity index (χ0v) is 13.9. The summed E-state index contributed by atoms with van der Waals surface area (Å²) in [6.45, 7) is 3.73. The highest BCUT2D eigenvalue weighted by atomic mass is 19.1. The van der Waals surface area contributed by atoms with Gasteiger partial charge in [0, 0.05) is 38.7 Å². The Morgan fingerprint density at radius 1 is 0.840 bits per heavy atom. The van der Waals surface area contributed by atoms with Gasteiger partial charge in [-0.15, -0.1) is 0 Å². The van der Waals surface area contributed by atoms with Crippen LogP contribution in [0.3, 0.4) is 0 Å². The minimum atomic E-state index is -0.321. The van der Waals surface area contributed by atoms with E-state index in [9.17, 15) is 14.0 Å². The van der Waals surface area contributed by atoms with Gasteiger partial charge in [0.05, 0.1) is 0 Å². The molecule has 3 rings (SSSR count). The monoisotopic (exact) mass is 342 g/mol. The van der Waals surface area contributed by atoms with Crippen LogP contribution in [0.15, 0.2) is 48.5 Å². The van der Waals surface area contributed by atoms with Gasteiger partial charge in [0.2, 0.25) is 5.91 Å². The van der Waals surface area contributed by atoms with Gasteiger partial charge in [-0.1, -0.05) is 0 Å². The minimum Gasteiger partial charge on any atom is -0.457 e. The largest absolute Gasteiger partial charge is 0.457 e. The van der Waals surface area contributed by atoms with E-state index in [1.807, 2.05) is 0 Å². The van der Waals surface area contributed by atoms with Crippen molar-refractivity contribution in [2.75, 3.05) is 26.2 Å². The zero-order valence-electron chi connectivity index (χ0n) is 13.9. The highest BCUT2D eigenvalue weighted by Crippen LogP contribution is 2.22. The maximum absolute atomic E-state index is 12.9. The molecule has 0 spiro atoms. The third kappa shape index (κ3) is 4.15. The Morgan fingerprint density at radius 3 is 1.84 bits per heavy atom. The van der Waals surface area contributed by atoms with Crippen LogP contribution in [-0.4, -0.2) is 47.8 Å². The first kappa shape index (κ1) is 17.0. The Balaban J connectivity index is 1.61. The van der Waals surface area contributed by atoms with Gasteiger partial charge < -0.3 is 14.5 Å². The van der Waals surface area contributed by atoms with Crippen LogP contribution < -0.4 is 4.74 Å². The number of carbonyl (C=O) groups excluding carboxylic acids is 2. The summed E-state index contributed by atoms with van der Waals surface area (Å²) in [5.74, 6) is 0.759. The summed E-state index contributed by atoms with van der Waals surface area (Å²) >= 11 is 0. The van der Waals surface area contributed by atoms with Gasteiger partial charge in [0.25, 0.3) is 5.91 Å². The topological polar surface area (TPSA) is 49.9 Å². The van der Waals surface area contributed by atoms with Crippen LogP contribution in [-0.2, 0) is 4.79 Å². The second-order valence-electron chi connectivity index (χ2n) is 5.88. The number of hydrogen-bond acceptors (Lipinski definition) is 3. The lowest BCUT2D eigenvalue weighted by molar-refractivity contribution is -0.130. The van der Waals surface area contributed by atoms with Crippen LogP contribution >= 0.6 is 0 Å².